The van der Waals surface area contributed by atoms with Crippen molar-refractivity contribution < 1.29 is 27.1 Å². The molecule has 0 saturated carbocycles. The number of nitrogens with zero attached hydrogens (tertiary/aromatic N) is 3. The molecule has 1 aliphatic carbocycles. The Labute approximate surface area is 176 Å². The predicted octanol–water partition coefficient (Wildman–Crippen LogP) is 3.55. The Balaban J connectivity index is 1.11. The van der Waals surface area contributed by atoms with Gasteiger partial charge in [-0.3, -0.25) is 5.10 Å². The first-order chi connectivity index (χ1) is 14.8. The average Bonchev–Trinajstić information content (AvgIpc) is 3.32. The van der Waals surface area contributed by atoms with Gasteiger partial charge in [-0.2, -0.15) is 18.3 Å². The van der Waals surface area contributed by atoms with Gasteiger partial charge in [0.15, 0.2) is 0 Å². The highest BCUT2D eigenvalue weighted by atomic mass is 19.4. The molecule has 2 amide bonds. The van der Waals surface area contributed by atoms with Gasteiger partial charge in [-0.15, -0.1) is 0 Å². The average molecular weight is 438 g/mol. The lowest BCUT2D eigenvalue weighted by Crippen LogP contribution is -2.58. The fourth-order valence-corrected chi connectivity index (χ4v) is 4.78. The molecule has 166 valence electrons. The molecule has 1 aromatic carbocycles. The third-order valence-electron chi connectivity index (χ3n) is 6.59. The molecule has 2 aliphatic heterocycles. The van der Waals surface area contributed by atoms with Crippen LogP contribution in [-0.2, 0) is 23.9 Å². The number of amides is 2. The summed E-state index contributed by atoms with van der Waals surface area (Å²) in [5, 5.41) is 7.22. The number of nitrogens with one attached hydrogen (secondary N) is 1. The summed E-state index contributed by atoms with van der Waals surface area (Å²) in [6.45, 7) is 2.04. The van der Waals surface area contributed by atoms with Crippen molar-refractivity contribution in [3.05, 3.63) is 52.6 Å². The number of fused-ring (bicyclic) bond motifs is 3. The van der Waals surface area contributed by atoms with E-state index < -0.39 is 17.6 Å². The molecular formula is C21H22F4N4O2. The monoisotopic (exact) mass is 438 g/mol. The summed E-state index contributed by atoms with van der Waals surface area (Å²) in [5.74, 6) is -0.209. The smallest absolute Gasteiger partial charge is 0.370 e. The summed E-state index contributed by atoms with van der Waals surface area (Å²) in [7, 11) is 0. The maximum Gasteiger partial charge on any atom is 0.416 e. The Hall–Kier alpha value is -2.62. The zero-order valence-corrected chi connectivity index (χ0v) is 16.7. The number of urea groups is 1. The SMILES string of the molecule is O=C(N1CC(OCc2ccc(C(F)(F)F)cc2F)C1)N1CC2CCc3cn[nH]c3C2C1. The molecule has 2 saturated heterocycles. The van der Waals surface area contributed by atoms with Crippen molar-refractivity contribution in [1.29, 1.82) is 0 Å². The molecule has 2 unspecified atom stereocenters. The second-order valence-corrected chi connectivity index (χ2v) is 8.54. The minimum atomic E-state index is -4.58. The van der Waals surface area contributed by atoms with Gasteiger partial charge in [0, 0.05) is 30.3 Å². The second kappa shape index (κ2) is 7.51. The van der Waals surface area contributed by atoms with Crippen LogP contribution in [0.3, 0.4) is 0 Å². The van der Waals surface area contributed by atoms with Crippen molar-refractivity contribution in [2.24, 2.45) is 5.92 Å². The summed E-state index contributed by atoms with van der Waals surface area (Å²) in [6.07, 6.45) is -0.941. The number of rotatable bonds is 3. The van der Waals surface area contributed by atoms with Crippen molar-refractivity contribution in [2.75, 3.05) is 26.2 Å². The summed E-state index contributed by atoms with van der Waals surface area (Å²) < 4.78 is 57.4. The third-order valence-corrected chi connectivity index (χ3v) is 6.59. The number of alkyl halides is 3. The van der Waals surface area contributed by atoms with Crippen molar-refractivity contribution in [2.45, 2.75) is 37.6 Å². The number of H-pyrrole nitrogens is 1. The van der Waals surface area contributed by atoms with E-state index in [2.05, 4.69) is 10.2 Å². The fraction of sp³-hybridized carbons (Fsp3) is 0.524. The molecule has 0 spiro atoms. The van der Waals surface area contributed by atoms with E-state index in [0.29, 0.717) is 37.5 Å². The normalized spacial score (nSPS) is 23.5. The lowest BCUT2D eigenvalue weighted by molar-refractivity contribution is -0.137. The number of halogens is 4. The van der Waals surface area contributed by atoms with E-state index in [0.717, 1.165) is 37.2 Å². The highest BCUT2D eigenvalue weighted by Crippen LogP contribution is 2.40. The van der Waals surface area contributed by atoms with Crippen LogP contribution >= 0.6 is 0 Å². The molecule has 1 N–H and O–H groups in total. The first-order valence-corrected chi connectivity index (χ1v) is 10.3. The highest BCUT2D eigenvalue weighted by Gasteiger charge is 2.43. The van der Waals surface area contributed by atoms with Crippen molar-refractivity contribution in [1.82, 2.24) is 20.0 Å². The van der Waals surface area contributed by atoms with Gasteiger partial charge in [0.1, 0.15) is 5.82 Å². The van der Waals surface area contributed by atoms with E-state index in [-0.39, 0.29) is 24.3 Å². The van der Waals surface area contributed by atoms with Crippen LogP contribution in [-0.4, -0.2) is 58.3 Å². The first kappa shape index (κ1) is 20.3. The Bertz CT molecular complexity index is 986. The summed E-state index contributed by atoms with van der Waals surface area (Å²) in [5.41, 5.74) is 1.43. The maximum absolute atomic E-state index is 13.9. The van der Waals surface area contributed by atoms with Gasteiger partial charge in [0.25, 0.3) is 0 Å². The number of likely N-dealkylation sites (tertiary alicyclic amines) is 2. The Morgan fingerprint density at radius 2 is 1.97 bits per heavy atom. The molecule has 0 radical (unpaired) electrons. The van der Waals surface area contributed by atoms with E-state index in [1.165, 1.54) is 5.56 Å². The maximum atomic E-state index is 13.9. The molecule has 10 heteroatoms. The summed E-state index contributed by atoms with van der Waals surface area (Å²) in [6, 6.07) is 2.38. The number of aromatic amines is 1. The summed E-state index contributed by atoms with van der Waals surface area (Å²) in [4.78, 5) is 16.4. The number of carbonyl (C=O) groups is 1. The molecule has 0 bridgehead atoms. The van der Waals surface area contributed by atoms with Gasteiger partial charge in [-0.1, -0.05) is 6.07 Å². The minimum absolute atomic E-state index is 0.0315. The number of benzene rings is 1. The fourth-order valence-electron chi connectivity index (χ4n) is 4.78. The zero-order valence-electron chi connectivity index (χ0n) is 16.7. The van der Waals surface area contributed by atoms with E-state index in [9.17, 15) is 22.4 Å². The zero-order chi connectivity index (χ0) is 21.8. The molecule has 6 nitrogen and oxygen atoms in total. The molecule has 3 aliphatic rings. The van der Waals surface area contributed by atoms with Crippen LogP contribution < -0.4 is 0 Å². The number of carbonyl (C=O) groups excluding carboxylic acids is 1. The Kier molecular flexibility index (Phi) is 4.91. The minimum Gasteiger partial charge on any atom is -0.370 e. The molecule has 3 heterocycles. The van der Waals surface area contributed by atoms with Crippen molar-refractivity contribution >= 4 is 6.03 Å². The number of hydrogen-bond acceptors (Lipinski definition) is 3. The molecule has 31 heavy (non-hydrogen) atoms. The van der Waals surface area contributed by atoms with Crippen molar-refractivity contribution in [3.63, 3.8) is 0 Å². The third kappa shape index (κ3) is 3.77. The number of aryl methyl sites for hydroxylation is 1. The second-order valence-electron chi connectivity index (χ2n) is 8.54. The topological polar surface area (TPSA) is 61.5 Å². The van der Waals surface area contributed by atoms with Gasteiger partial charge >= 0.3 is 12.2 Å². The van der Waals surface area contributed by atoms with Crippen LogP contribution in [0.5, 0.6) is 0 Å². The first-order valence-electron chi connectivity index (χ1n) is 10.3. The highest BCUT2D eigenvalue weighted by molar-refractivity contribution is 5.76. The largest absolute Gasteiger partial charge is 0.416 e. The number of ether oxygens (including phenoxy) is 1. The molecule has 5 rings (SSSR count). The molecule has 1 aromatic heterocycles. The molecular weight excluding hydrogens is 416 g/mol. The van der Waals surface area contributed by atoms with Gasteiger partial charge in [-0.25, -0.2) is 9.18 Å². The lowest BCUT2D eigenvalue weighted by Gasteiger charge is -2.40. The summed E-state index contributed by atoms with van der Waals surface area (Å²) >= 11 is 0. The predicted molar refractivity (Wildman–Crippen MR) is 102 cm³/mol. The van der Waals surface area contributed by atoms with Gasteiger partial charge in [0.05, 0.1) is 37.6 Å². The van der Waals surface area contributed by atoms with Gasteiger partial charge in [0.2, 0.25) is 0 Å². The van der Waals surface area contributed by atoms with Crippen LogP contribution in [0.4, 0.5) is 22.4 Å². The Morgan fingerprint density at radius 1 is 1.19 bits per heavy atom. The van der Waals surface area contributed by atoms with Crippen LogP contribution in [0, 0.1) is 11.7 Å². The van der Waals surface area contributed by atoms with Crippen LogP contribution in [0.15, 0.2) is 24.4 Å². The molecule has 2 fully saturated rings. The van der Waals surface area contributed by atoms with Gasteiger partial charge in [-0.05, 0) is 36.5 Å². The molecule has 2 aromatic rings. The quantitative estimate of drug-likeness (QED) is 0.746. The number of hydrogen-bond donors (Lipinski definition) is 1. The molecule has 2 atom stereocenters. The Morgan fingerprint density at radius 3 is 2.71 bits per heavy atom. The van der Waals surface area contributed by atoms with Crippen LogP contribution in [0.2, 0.25) is 0 Å². The number of aromatic nitrogens is 2. The van der Waals surface area contributed by atoms with Gasteiger partial charge < -0.3 is 14.5 Å². The van der Waals surface area contributed by atoms with E-state index in [4.69, 9.17) is 4.74 Å². The van der Waals surface area contributed by atoms with E-state index in [1.807, 2.05) is 11.1 Å². The standard InChI is InChI=1S/C21H22F4N4O2/c22-18-5-15(21(23,24)25)4-3-14(18)11-31-16-8-29(9-16)20(30)28-7-13-2-1-12-6-26-27-19(12)17(13)10-28/h3-6,13,16-17H,1-2,7-11H2,(H,26,27). The van der Waals surface area contributed by atoms with Crippen LogP contribution in [0.1, 0.15) is 34.7 Å². The van der Waals surface area contributed by atoms with Crippen LogP contribution in [0.25, 0.3) is 0 Å². The lowest BCUT2D eigenvalue weighted by atomic mass is 9.81. The van der Waals surface area contributed by atoms with E-state index in [1.54, 1.807) is 4.90 Å². The van der Waals surface area contributed by atoms with E-state index >= 15 is 0 Å². The van der Waals surface area contributed by atoms with Crippen molar-refractivity contribution in [3.8, 4) is 0 Å².